The quantitative estimate of drug-likeness (QED) is 0.112. The van der Waals surface area contributed by atoms with Crippen LogP contribution >= 0.6 is 11.6 Å². The van der Waals surface area contributed by atoms with Crippen molar-refractivity contribution in [3.63, 3.8) is 0 Å². The number of aromatic nitrogens is 2. The van der Waals surface area contributed by atoms with Gasteiger partial charge < -0.3 is 28.2 Å². The van der Waals surface area contributed by atoms with Gasteiger partial charge in [-0.25, -0.2) is 14.8 Å². The molecule has 0 radical (unpaired) electrons. The minimum absolute atomic E-state index is 0.157. The molecule has 0 saturated heterocycles. The second-order valence-electron chi connectivity index (χ2n) is 14.8. The van der Waals surface area contributed by atoms with Crippen LogP contribution in [0.2, 0.25) is 0 Å². The number of hydrogen-bond acceptors (Lipinski definition) is 8. The molecule has 0 amide bonds. The van der Waals surface area contributed by atoms with Gasteiger partial charge in [0, 0.05) is 24.2 Å². The highest BCUT2D eigenvalue weighted by molar-refractivity contribution is 6.17. The van der Waals surface area contributed by atoms with Gasteiger partial charge in [-0.05, 0) is 99.1 Å². The lowest BCUT2D eigenvalue weighted by atomic mass is 9.82. The van der Waals surface area contributed by atoms with E-state index >= 15 is 0 Å². The Hall–Kier alpha value is -3.50. The van der Waals surface area contributed by atoms with Crippen molar-refractivity contribution in [1.29, 1.82) is 0 Å². The Balaban J connectivity index is 0.000000269. The Morgan fingerprint density at radius 2 is 1.37 bits per heavy atom. The molecule has 9 nitrogen and oxygen atoms in total. The number of rotatable bonds is 16. The molecule has 1 N–H and O–H groups in total. The maximum atomic E-state index is 11.3. The van der Waals surface area contributed by atoms with E-state index < -0.39 is 11.6 Å². The number of benzene rings is 2. The largest absolute Gasteiger partial charge is 0.479 e. The summed E-state index contributed by atoms with van der Waals surface area (Å²) in [4.78, 5) is 20.4. The van der Waals surface area contributed by atoms with Gasteiger partial charge in [0.2, 0.25) is 11.8 Å². The van der Waals surface area contributed by atoms with Crippen LogP contribution in [-0.4, -0.2) is 45.9 Å². The molecule has 2 atom stereocenters. The van der Waals surface area contributed by atoms with E-state index in [0.29, 0.717) is 61.9 Å². The first-order valence-electron chi connectivity index (χ1n) is 18.6. The Morgan fingerprint density at radius 1 is 0.846 bits per heavy atom. The first-order chi connectivity index (χ1) is 24.8. The summed E-state index contributed by atoms with van der Waals surface area (Å²) >= 11 is 5.49. The molecular weight excluding hydrogens is 680 g/mol. The van der Waals surface area contributed by atoms with Gasteiger partial charge in [-0.3, -0.25) is 0 Å². The van der Waals surface area contributed by atoms with Gasteiger partial charge >= 0.3 is 5.97 Å². The standard InChI is InChI=1S/C27H39NO5.C15H18ClNO2/c1-6-24-23(28-25(33-24)22-12-10-21(11-13-22)18(2)3)17-31-15-19-8-7-9-20(14-19)16-32-27(4,5)26(29)30;1-10(2)12-4-6-13(7-5-12)15-17-14(8-18-9-16)11(3)19-15/h10-13,18-20H,6-9,14-17H2,1-5H3,(H,29,30);4-7,10H,8-9H2,1-3H3/t19-,20+;/m0./s1. The lowest BCUT2D eigenvalue weighted by Crippen LogP contribution is -2.37. The summed E-state index contributed by atoms with van der Waals surface area (Å²) in [6.45, 7) is 17.9. The summed E-state index contributed by atoms with van der Waals surface area (Å²) in [6, 6.07) is 16.8. The predicted octanol–water partition coefficient (Wildman–Crippen LogP) is 10.7. The van der Waals surface area contributed by atoms with Crippen LogP contribution < -0.4 is 0 Å². The number of hydrogen-bond donors (Lipinski definition) is 1. The molecule has 284 valence electrons. The fraction of sp³-hybridized carbons (Fsp3) is 0.548. The van der Waals surface area contributed by atoms with Crippen molar-refractivity contribution in [2.45, 2.75) is 118 Å². The molecule has 2 heterocycles. The van der Waals surface area contributed by atoms with Gasteiger partial charge in [0.1, 0.15) is 29.0 Å². The highest BCUT2D eigenvalue weighted by Crippen LogP contribution is 2.31. The molecule has 0 aliphatic heterocycles. The van der Waals surface area contributed by atoms with Crippen LogP contribution in [0.15, 0.2) is 57.4 Å². The number of carboxylic acids is 1. The van der Waals surface area contributed by atoms with Gasteiger partial charge in [-0.2, -0.15) is 0 Å². The van der Waals surface area contributed by atoms with Crippen LogP contribution in [0.1, 0.15) is 120 Å². The molecule has 0 unspecified atom stereocenters. The molecule has 0 bridgehead atoms. The number of alkyl halides is 1. The summed E-state index contributed by atoms with van der Waals surface area (Å²) in [7, 11) is 0. The highest BCUT2D eigenvalue weighted by Gasteiger charge is 2.31. The number of aryl methyl sites for hydroxylation is 2. The van der Waals surface area contributed by atoms with Crippen molar-refractivity contribution in [2.24, 2.45) is 11.8 Å². The van der Waals surface area contributed by atoms with Gasteiger partial charge in [0.15, 0.2) is 5.60 Å². The molecule has 2 aromatic heterocycles. The molecule has 4 aromatic rings. The molecule has 1 saturated carbocycles. The fourth-order valence-electron chi connectivity index (χ4n) is 6.15. The fourth-order valence-corrected chi connectivity index (χ4v) is 6.23. The number of halogens is 1. The normalized spacial score (nSPS) is 16.3. The molecule has 1 aliphatic rings. The van der Waals surface area contributed by atoms with E-state index in [9.17, 15) is 9.90 Å². The Kier molecular flexibility index (Phi) is 15.5. The van der Waals surface area contributed by atoms with Crippen molar-refractivity contribution >= 4 is 17.6 Å². The summed E-state index contributed by atoms with van der Waals surface area (Å²) in [5.41, 5.74) is 5.09. The Morgan fingerprint density at radius 3 is 1.88 bits per heavy atom. The number of aliphatic carboxylic acids is 1. The first-order valence-corrected chi connectivity index (χ1v) is 19.1. The van der Waals surface area contributed by atoms with E-state index in [0.717, 1.165) is 66.1 Å². The summed E-state index contributed by atoms with van der Waals surface area (Å²) in [6.07, 6.45) is 5.11. The summed E-state index contributed by atoms with van der Waals surface area (Å²) in [5, 5.41) is 9.24. The van der Waals surface area contributed by atoms with E-state index in [4.69, 9.17) is 39.6 Å². The van der Waals surface area contributed by atoms with E-state index in [1.807, 2.05) is 19.1 Å². The molecule has 5 rings (SSSR count). The van der Waals surface area contributed by atoms with E-state index in [-0.39, 0.29) is 6.07 Å². The average molecular weight is 737 g/mol. The van der Waals surface area contributed by atoms with E-state index in [1.54, 1.807) is 13.8 Å². The van der Waals surface area contributed by atoms with Gasteiger partial charge in [0.05, 0.1) is 19.8 Å². The minimum atomic E-state index is -1.14. The third-order valence-corrected chi connectivity index (χ3v) is 9.79. The first kappa shape index (κ1) is 41.3. The number of oxazole rings is 2. The second kappa shape index (κ2) is 19.5. The molecule has 1 aliphatic carbocycles. The van der Waals surface area contributed by atoms with Crippen molar-refractivity contribution < 1.29 is 32.9 Å². The molecule has 1 fully saturated rings. The van der Waals surface area contributed by atoms with Gasteiger partial charge in [-0.1, -0.05) is 76.9 Å². The zero-order valence-corrected chi connectivity index (χ0v) is 32.9. The average Bonchev–Trinajstić information content (AvgIpc) is 3.73. The number of ether oxygens (including phenoxy) is 3. The number of carbonyl (C=O) groups is 1. The van der Waals surface area contributed by atoms with Crippen molar-refractivity contribution in [3.05, 3.63) is 82.6 Å². The molecule has 2 aromatic carbocycles. The predicted molar refractivity (Wildman–Crippen MR) is 204 cm³/mol. The lowest BCUT2D eigenvalue weighted by molar-refractivity contribution is -0.163. The third kappa shape index (κ3) is 11.8. The Labute approximate surface area is 314 Å². The monoisotopic (exact) mass is 736 g/mol. The van der Waals surface area contributed by atoms with Crippen LogP contribution in [0.4, 0.5) is 0 Å². The van der Waals surface area contributed by atoms with Crippen molar-refractivity contribution in [1.82, 2.24) is 9.97 Å². The molecule has 10 heteroatoms. The number of nitrogens with zero attached hydrogens (tertiary/aromatic N) is 2. The third-order valence-electron chi connectivity index (χ3n) is 9.64. The number of carboxylic acid groups (broad SMARTS) is 1. The van der Waals surface area contributed by atoms with E-state index in [2.05, 4.69) is 76.0 Å². The van der Waals surface area contributed by atoms with Crippen LogP contribution in [0, 0.1) is 18.8 Å². The summed E-state index contributed by atoms with van der Waals surface area (Å²) < 4.78 is 28.6. The Bertz CT molecular complexity index is 1680. The zero-order valence-electron chi connectivity index (χ0n) is 32.2. The van der Waals surface area contributed by atoms with Gasteiger partial charge in [0.25, 0.3) is 0 Å². The van der Waals surface area contributed by atoms with Crippen molar-refractivity contribution in [3.8, 4) is 22.9 Å². The topological polar surface area (TPSA) is 117 Å². The lowest BCUT2D eigenvalue weighted by Gasteiger charge is -2.31. The zero-order chi connectivity index (χ0) is 37.8. The van der Waals surface area contributed by atoms with Crippen LogP contribution in [0.3, 0.4) is 0 Å². The van der Waals surface area contributed by atoms with Crippen LogP contribution in [0.25, 0.3) is 22.9 Å². The maximum Gasteiger partial charge on any atom is 0.335 e. The van der Waals surface area contributed by atoms with Crippen LogP contribution in [0.5, 0.6) is 0 Å². The van der Waals surface area contributed by atoms with E-state index in [1.165, 1.54) is 11.1 Å². The van der Waals surface area contributed by atoms with Crippen LogP contribution in [-0.2, 0) is 38.6 Å². The maximum absolute atomic E-state index is 11.3. The molecule has 0 spiro atoms. The van der Waals surface area contributed by atoms with Crippen molar-refractivity contribution in [2.75, 3.05) is 19.3 Å². The molecular formula is C42H57ClN2O7. The SMILES string of the molecule is CCc1oc(-c2ccc(C(C)C)cc2)nc1COC[C@H]1CCC[C@@H](COC(C)(C)C(=O)O)C1.Cc1oc(-c2ccc(C(C)C)cc2)nc1COCCl. The second-order valence-corrected chi connectivity index (χ2v) is 15.0. The highest BCUT2D eigenvalue weighted by atomic mass is 35.5. The molecule has 52 heavy (non-hydrogen) atoms. The minimum Gasteiger partial charge on any atom is -0.479 e. The smallest absolute Gasteiger partial charge is 0.335 e. The van der Waals surface area contributed by atoms with Gasteiger partial charge in [-0.15, -0.1) is 0 Å². The summed E-state index contributed by atoms with van der Waals surface area (Å²) in [5.74, 6) is 3.86.